The molecule has 1 unspecified atom stereocenters. The van der Waals surface area contributed by atoms with Gasteiger partial charge in [-0.2, -0.15) is 0 Å². The predicted molar refractivity (Wildman–Crippen MR) is 85.8 cm³/mol. The summed E-state index contributed by atoms with van der Waals surface area (Å²) >= 11 is 0. The molecule has 5 nitrogen and oxygen atoms in total. The molecule has 0 aliphatic carbocycles. The summed E-state index contributed by atoms with van der Waals surface area (Å²) in [4.78, 5) is 26.1. The van der Waals surface area contributed by atoms with Gasteiger partial charge < -0.3 is 15.5 Å². The number of piperidine rings is 1. The Morgan fingerprint density at radius 2 is 2.05 bits per heavy atom. The van der Waals surface area contributed by atoms with E-state index in [2.05, 4.69) is 10.6 Å². The van der Waals surface area contributed by atoms with Crippen molar-refractivity contribution in [2.75, 3.05) is 25.0 Å². The Morgan fingerprint density at radius 1 is 1.32 bits per heavy atom. The number of carbonyl (C=O) groups excluding carboxylic acids is 2. The lowest BCUT2D eigenvalue weighted by molar-refractivity contribution is -0.118. The monoisotopic (exact) mass is 301 g/mol. The minimum Gasteiger partial charge on any atom is -0.338 e. The predicted octanol–water partition coefficient (Wildman–Crippen LogP) is 2.55. The molecule has 2 aliphatic rings. The van der Waals surface area contributed by atoms with Crippen LogP contribution in [0.25, 0.3) is 0 Å². The normalized spacial score (nSPS) is 21.4. The lowest BCUT2D eigenvalue weighted by Gasteiger charge is -2.34. The summed E-state index contributed by atoms with van der Waals surface area (Å²) in [5.74, 6) is 0.367. The van der Waals surface area contributed by atoms with Crippen LogP contribution in [-0.4, -0.2) is 36.5 Å². The summed E-state index contributed by atoms with van der Waals surface area (Å²) in [6.45, 7) is 4.22. The minimum absolute atomic E-state index is 0.0246. The first-order valence-electron chi connectivity index (χ1n) is 8.13. The van der Waals surface area contributed by atoms with E-state index in [0.29, 0.717) is 5.92 Å². The quantitative estimate of drug-likeness (QED) is 0.901. The highest BCUT2D eigenvalue weighted by atomic mass is 16.2. The fourth-order valence-electron chi connectivity index (χ4n) is 3.48. The molecule has 1 atom stereocenters. The number of urea groups is 1. The van der Waals surface area contributed by atoms with Crippen molar-refractivity contribution in [2.45, 2.75) is 32.1 Å². The maximum absolute atomic E-state index is 12.3. The van der Waals surface area contributed by atoms with Crippen molar-refractivity contribution in [1.29, 1.82) is 0 Å². The fraction of sp³-hybridized carbons (Fsp3) is 0.529. The number of nitrogens with zero attached hydrogens (tertiary/aromatic N) is 1. The third kappa shape index (κ3) is 2.80. The largest absolute Gasteiger partial charge is 0.338 e. The minimum atomic E-state index is -0.0583. The zero-order valence-corrected chi connectivity index (χ0v) is 13.0. The van der Waals surface area contributed by atoms with Gasteiger partial charge in [-0.15, -0.1) is 0 Å². The van der Waals surface area contributed by atoms with E-state index in [-0.39, 0.29) is 17.9 Å². The Bertz CT molecular complexity index is 565. The van der Waals surface area contributed by atoms with E-state index in [0.717, 1.165) is 50.1 Å². The Morgan fingerprint density at radius 3 is 2.77 bits per heavy atom. The molecular weight excluding hydrogens is 278 g/mol. The summed E-state index contributed by atoms with van der Waals surface area (Å²) in [7, 11) is 0. The van der Waals surface area contributed by atoms with Gasteiger partial charge in [-0.1, -0.05) is 25.1 Å². The Kier molecular flexibility index (Phi) is 4.32. The summed E-state index contributed by atoms with van der Waals surface area (Å²) in [6, 6.07) is 7.96. The highest BCUT2D eigenvalue weighted by molar-refractivity contribution is 6.03. The van der Waals surface area contributed by atoms with Crippen molar-refractivity contribution in [3.8, 4) is 0 Å². The number of likely N-dealkylation sites (tertiary alicyclic amines) is 1. The smallest absolute Gasteiger partial charge is 0.317 e. The number of nitrogens with one attached hydrogen (secondary N) is 2. The van der Waals surface area contributed by atoms with E-state index < -0.39 is 0 Å². The zero-order chi connectivity index (χ0) is 15.5. The first-order chi connectivity index (χ1) is 10.7. The van der Waals surface area contributed by atoms with Crippen LogP contribution in [0.1, 0.15) is 37.7 Å². The van der Waals surface area contributed by atoms with Crippen LogP contribution >= 0.6 is 0 Å². The molecule has 0 saturated carbocycles. The number of benzene rings is 1. The topological polar surface area (TPSA) is 61.4 Å². The van der Waals surface area contributed by atoms with Crippen LogP contribution in [0.15, 0.2) is 24.3 Å². The molecule has 1 aromatic carbocycles. The van der Waals surface area contributed by atoms with Crippen molar-refractivity contribution in [1.82, 2.24) is 10.2 Å². The van der Waals surface area contributed by atoms with Gasteiger partial charge in [-0.3, -0.25) is 4.79 Å². The van der Waals surface area contributed by atoms with Gasteiger partial charge in [0.05, 0.1) is 5.92 Å². The lowest BCUT2D eigenvalue weighted by atomic mass is 9.81. The molecule has 1 saturated heterocycles. The summed E-state index contributed by atoms with van der Waals surface area (Å²) in [6.07, 6.45) is 2.71. The van der Waals surface area contributed by atoms with Crippen LogP contribution < -0.4 is 10.6 Å². The number of amides is 3. The van der Waals surface area contributed by atoms with Gasteiger partial charge in [0.15, 0.2) is 0 Å². The molecule has 3 rings (SSSR count). The third-order valence-corrected chi connectivity index (χ3v) is 4.66. The molecule has 2 N–H and O–H groups in total. The molecule has 0 bridgehead atoms. The molecule has 0 radical (unpaired) electrons. The van der Waals surface area contributed by atoms with Crippen molar-refractivity contribution in [2.24, 2.45) is 5.92 Å². The molecular formula is C17H23N3O2. The van der Waals surface area contributed by atoms with Gasteiger partial charge in [0.1, 0.15) is 0 Å². The van der Waals surface area contributed by atoms with Crippen LogP contribution in [0.2, 0.25) is 0 Å². The molecule has 2 aliphatic heterocycles. The first-order valence-corrected chi connectivity index (χ1v) is 8.13. The zero-order valence-electron chi connectivity index (χ0n) is 13.0. The number of hydrogen-bond acceptors (Lipinski definition) is 2. The maximum atomic E-state index is 12.3. The van der Waals surface area contributed by atoms with Gasteiger partial charge in [-0.05, 0) is 36.8 Å². The van der Waals surface area contributed by atoms with Gasteiger partial charge in [0.2, 0.25) is 5.91 Å². The van der Waals surface area contributed by atoms with Crippen LogP contribution in [-0.2, 0) is 4.79 Å². The van der Waals surface area contributed by atoms with E-state index in [4.69, 9.17) is 0 Å². The summed E-state index contributed by atoms with van der Waals surface area (Å²) < 4.78 is 0. The van der Waals surface area contributed by atoms with Crippen molar-refractivity contribution in [3.05, 3.63) is 29.8 Å². The van der Waals surface area contributed by atoms with Crippen molar-refractivity contribution in [3.63, 3.8) is 0 Å². The summed E-state index contributed by atoms with van der Waals surface area (Å²) in [5.41, 5.74) is 2.06. The second-order valence-corrected chi connectivity index (χ2v) is 6.11. The van der Waals surface area contributed by atoms with Crippen LogP contribution in [0.3, 0.4) is 0 Å². The second kappa shape index (κ2) is 6.38. The SMILES string of the molecule is CCCNC(=O)N1CCC(C2C(=O)Nc3ccccc32)CC1. The average molecular weight is 301 g/mol. The Labute approximate surface area is 131 Å². The number of fused-ring (bicyclic) bond motifs is 1. The van der Waals surface area contributed by atoms with Crippen LogP contribution in [0.5, 0.6) is 0 Å². The molecule has 0 spiro atoms. The summed E-state index contributed by atoms with van der Waals surface area (Å²) in [5, 5.41) is 5.89. The third-order valence-electron chi connectivity index (χ3n) is 4.66. The van der Waals surface area contributed by atoms with E-state index in [1.165, 1.54) is 0 Å². The molecule has 0 aromatic heterocycles. The number of rotatable bonds is 3. The molecule has 5 heteroatoms. The van der Waals surface area contributed by atoms with Gasteiger partial charge in [0, 0.05) is 25.3 Å². The number of hydrogen-bond donors (Lipinski definition) is 2. The Balaban J connectivity index is 1.62. The molecule has 22 heavy (non-hydrogen) atoms. The van der Waals surface area contributed by atoms with E-state index in [1.54, 1.807) is 0 Å². The number of para-hydroxylation sites is 1. The van der Waals surface area contributed by atoms with E-state index in [1.807, 2.05) is 36.1 Å². The Hall–Kier alpha value is -2.04. The van der Waals surface area contributed by atoms with Crippen LogP contribution in [0.4, 0.5) is 10.5 Å². The average Bonchev–Trinajstić information content (AvgIpc) is 2.88. The molecule has 118 valence electrons. The second-order valence-electron chi connectivity index (χ2n) is 6.11. The number of anilines is 1. The molecule has 2 heterocycles. The van der Waals surface area contributed by atoms with E-state index in [9.17, 15) is 9.59 Å². The molecule has 1 aromatic rings. The standard InChI is InChI=1S/C17H23N3O2/c1-2-9-18-17(22)20-10-7-12(8-11-20)15-13-5-3-4-6-14(13)19-16(15)21/h3-6,12,15H,2,7-11H2,1H3,(H,18,22)(H,19,21). The van der Waals surface area contributed by atoms with Crippen molar-refractivity contribution < 1.29 is 9.59 Å². The highest BCUT2D eigenvalue weighted by Gasteiger charge is 2.38. The molecule has 3 amide bonds. The lowest BCUT2D eigenvalue weighted by Crippen LogP contribution is -2.45. The highest BCUT2D eigenvalue weighted by Crippen LogP contribution is 2.41. The number of carbonyl (C=O) groups is 2. The van der Waals surface area contributed by atoms with Crippen molar-refractivity contribution >= 4 is 17.6 Å². The first kappa shape index (κ1) is 14.9. The van der Waals surface area contributed by atoms with E-state index >= 15 is 0 Å². The van der Waals surface area contributed by atoms with Gasteiger partial charge in [0.25, 0.3) is 0 Å². The molecule has 1 fully saturated rings. The van der Waals surface area contributed by atoms with Gasteiger partial charge >= 0.3 is 6.03 Å². The maximum Gasteiger partial charge on any atom is 0.317 e. The fourth-order valence-corrected chi connectivity index (χ4v) is 3.48. The van der Waals surface area contributed by atoms with Crippen LogP contribution in [0, 0.1) is 5.92 Å². The van der Waals surface area contributed by atoms with Gasteiger partial charge in [-0.25, -0.2) is 4.79 Å².